The van der Waals surface area contributed by atoms with E-state index in [4.69, 9.17) is 5.11 Å². The molecule has 1 aromatic rings. The fourth-order valence-corrected chi connectivity index (χ4v) is 2.68. The largest absolute Gasteiger partial charge is 0.480 e. The number of carboxylic acids is 1. The highest BCUT2D eigenvalue weighted by atomic mass is 32.1. The molecule has 17 heavy (non-hydrogen) atoms. The van der Waals surface area contributed by atoms with Gasteiger partial charge in [-0.05, 0) is 19.8 Å². The summed E-state index contributed by atoms with van der Waals surface area (Å²) in [5.41, 5.74) is 0.730. The van der Waals surface area contributed by atoms with E-state index in [2.05, 4.69) is 4.98 Å². The number of carbonyl (C=O) groups is 2. The Bertz CT molecular complexity index is 444. The summed E-state index contributed by atoms with van der Waals surface area (Å²) in [5, 5.41) is 11.8. The predicted octanol–water partition coefficient (Wildman–Crippen LogP) is 1.07. The first-order chi connectivity index (χ1) is 8.08. The molecule has 1 saturated heterocycles. The van der Waals surface area contributed by atoms with Crippen LogP contribution in [0.3, 0.4) is 0 Å². The molecule has 1 aromatic heterocycles. The van der Waals surface area contributed by atoms with Crippen molar-refractivity contribution in [3.63, 3.8) is 0 Å². The van der Waals surface area contributed by atoms with Gasteiger partial charge in [-0.25, -0.2) is 9.78 Å². The third kappa shape index (κ3) is 2.63. The van der Waals surface area contributed by atoms with Gasteiger partial charge in [0.25, 0.3) is 0 Å². The van der Waals surface area contributed by atoms with E-state index in [-0.39, 0.29) is 12.3 Å². The molecule has 5 nitrogen and oxygen atoms in total. The van der Waals surface area contributed by atoms with Crippen molar-refractivity contribution in [1.82, 2.24) is 9.88 Å². The van der Waals surface area contributed by atoms with E-state index in [1.165, 1.54) is 16.2 Å². The molecule has 0 radical (unpaired) electrons. The van der Waals surface area contributed by atoms with Crippen molar-refractivity contribution in [2.24, 2.45) is 0 Å². The Hall–Kier alpha value is -1.43. The minimum Gasteiger partial charge on any atom is -0.480 e. The first-order valence-corrected chi connectivity index (χ1v) is 6.39. The summed E-state index contributed by atoms with van der Waals surface area (Å²) in [6.45, 7) is 2.42. The zero-order chi connectivity index (χ0) is 12.4. The number of rotatable bonds is 3. The topological polar surface area (TPSA) is 70.5 Å². The van der Waals surface area contributed by atoms with Gasteiger partial charge in [-0.2, -0.15) is 0 Å². The number of hydrogen-bond acceptors (Lipinski definition) is 4. The Morgan fingerprint density at radius 3 is 3.00 bits per heavy atom. The number of aliphatic carboxylic acids is 1. The molecule has 0 aromatic carbocycles. The lowest BCUT2D eigenvalue weighted by Gasteiger charge is -2.20. The van der Waals surface area contributed by atoms with Gasteiger partial charge in [0, 0.05) is 11.9 Å². The molecule has 0 saturated carbocycles. The third-order valence-corrected chi connectivity index (χ3v) is 3.68. The third-order valence-electron chi connectivity index (χ3n) is 2.86. The number of amides is 1. The highest BCUT2D eigenvalue weighted by molar-refractivity contribution is 7.09. The maximum absolute atomic E-state index is 12.0. The van der Waals surface area contributed by atoms with Crippen molar-refractivity contribution in [3.8, 4) is 0 Å². The molecule has 1 amide bonds. The van der Waals surface area contributed by atoms with Gasteiger partial charge < -0.3 is 10.0 Å². The van der Waals surface area contributed by atoms with Crippen LogP contribution in [0.25, 0.3) is 0 Å². The van der Waals surface area contributed by atoms with Gasteiger partial charge in [-0.15, -0.1) is 11.3 Å². The van der Waals surface area contributed by atoms with Crippen LogP contribution >= 0.6 is 11.3 Å². The smallest absolute Gasteiger partial charge is 0.326 e. The summed E-state index contributed by atoms with van der Waals surface area (Å²) in [7, 11) is 0. The average Bonchev–Trinajstić information content (AvgIpc) is 2.86. The zero-order valence-corrected chi connectivity index (χ0v) is 10.4. The molecule has 0 bridgehead atoms. The van der Waals surface area contributed by atoms with Crippen molar-refractivity contribution in [2.45, 2.75) is 32.2 Å². The molecule has 1 atom stereocenters. The first-order valence-electron chi connectivity index (χ1n) is 5.51. The van der Waals surface area contributed by atoms with E-state index in [1.807, 2.05) is 12.3 Å². The van der Waals surface area contributed by atoms with Crippen LogP contribution in [0.15, 0.2) is 5.38 Å². The predicted molar refractivity (Wildman–Crippen MR) is 62.9 cm³/mol. The van der Waals surface area contributed by atoms with E-state index < -0.39 is 12.0 Å². The summed E-state index contributed by atoms with van der Waals surface area (Å²) in [6, 6.07) is -0.651. The fraction of sp³-hybridized carbons (Fsp3) is 0.545. The molecular formula is C11H14N2O3S. The standard InChI is InChI=1S/C11H14N2O3S/c1-7-12-8(6-17-7)5-10(14)13-4-2-3-9(13)11(15)16/h6,9H,2-5H2,1H3,(H,15,16). The molecule has 92 valence electrons. The lowest BCUT2D eigenvalue weighted by atomic mass is 10.2. The number of aryl methyl sites for hydroxylation is 1. The van der Waals surface area contributed by atoms with Gasteiger partial charge in [0.2, 0.25) is 5.91 Å². The Kier molecular flexibility index (Phi) is 3.42. The van der Waals surface area contributed by atoms with Crippen LogP contribution in [0.4, 0.5) is 0 Å². The number of nitrogens with zero attached hydrogens (tertiary/aromatic N) is 2. The normalized spacial score (nSPS) is 19.6. The maximum Gasteiger partial charge on any atom is 0.326 e. The van der Waals surface area contributed by atoms with Gasteiger partial charge in [-0.3, -0.25) is 4.79 Å². The second-order valence-electron chi connectivity index (χ2n) is 4.12. The SMILES string of the molecule is Cc1nc(CC(=O)N2CCCC2C(=O)O)cs1. The minimum atomic E-state index is -0.912. The lowest BCUT2D eigenvalue weighted by molar-refractivity contribution is -0.148. The summed E-state index contributed by atoms with van der Waals surface area (Å²) in [6.07, 6.45) is 1.52. The summed E-state index contributed by atoms with van der Waals surface area (Å²) >= 11 is 1.50. The minimum absolute atomic E-state index is 0.139. The van der Waals surface area contributed by atoms with Crippen LogP contribution in [0.5, 0.6) is 0 Å². The molecule has 2 rings (SSSR count). The van der Waals surface area contributed by atoms with E-state index >= 15 is 0 Å². The van der Waals surface area contributed by atoms with Crippen LogP contribution in [-0.2, 0) is 16.0 Å². The van der Waals surface area contributed by atoms with E-state index in [0.29, 0.717) is 13.0 Å². The van der Waals surface area contributed by atoms with Gasteiger partial charge in [0.1, 0.15) is 6.04 Å². The van der Waals surface area contributed by atoms with Crippen LogP contribution in [0.2, 0.25) is 0 Å². The Balaban J connectivity index is 2.02. The number of likely N-dealkylation sites (tertiary alicyclic amines) is 1. The second-order valence-corrected chi connectivity index (χ2v) is 5.18. The van der Waals surface area contributed by atoms with Crippen molar-refractivity contribution in [1.29, 1.82) is 0 Å². The highest BCUT2D eigenvalue weighted by Gasteiger charge is 2.33. The molecule has 6 heteroatoms. The van der Waals surface area contributed by atoms with Crippen molar-refractivity contribution >= 4 is 23.2 Å². The van der Waals surface area contributed by atoms with Gasteiger partial charge in [0.15, 0.2) is 0 Å². The van der Waals surface area contributed by atoms with Gasteiger partial charge >= 0.3 is 5.97 Å². The van der Waals surface area contributed by atoms with Crippen molar-refractivity contribution in [2.75, 3.05) is 6.54 Å². The van der Waals surface area contributed by atoms with Gasteiger partial charge in [-0.1, -0.05) is 0 Å². The van der Waals surface area contributed by atoms with Crippen LogP contribution in [0.1, 0.15) is 23.5 Å². The molecule has 0 aliphatic carbocycles. The van der Waals surface area contributed by atoms with Gasteiger partial charge in [0.05, 0.1) is 17.1 Å². The number of carboxylic acid groups (broad SMARTS) is 1. The van der Waals surface area contributed by atoms with E-state index in [0.717, 1.165) is 17.1 Å². The first kappa shape index (κ1) is 12.0. The lowest BCUT2D eigenvalue weighted by Crippen LogP contribution is -2.41. The van der Waals surface area contributed by atoms with Crippen LogP contribution in [-0.4, -0.2) is 39.5 Å². The van der Waals surface area contributed by atoms with Crippen LogP contribution in [0, 0.1) is 6.92 Å². The summed E-state index contributed by atoms with van der Waals surface area (Å²) in [4.78, 5) is 28.6. The van der Waals surface area contributed by atoms with Crippen molar-refractivity contribution < 1.29 is 14.7 Å². The Morgan fingerprint density at radius 2 is 2.41 bits per heavy atom. The summed E-state index contributed by atoms with van der Waals surface area (Å²) in [5.74, 6) is -1.05. The average molecular weight is 254 g/mol. The Labute approximate surface area is 103 Å². The molecule has 1 unspecified atom stereocenters. The molecule has 1 aliphatic rings. The quantitative estimate of drug-likeness (QED) is 0.876. The molecule has 1 aliphatic heterocycles. The molecule has 2 heterocycles. The molecule has 1 N–H and O–H groups in total. The fourth-order valence-electron chi connectivity index (χ4n) is 2.07. The zero-order valence-electron chi connectivity index (χ0n) is 9.55. The van der Waals surface area contributed by atoms with E-state index in [9.17, 15) is 9.59 Å². The second kappa shape index (κ2) is 4.83. The number of carbonyl (C=O) groups excluding carboxylic acids is 1. The number of hydrogen-bond donors (Lipinski definition) is 1. The molecule has 1 fully saturated rings. The van der Waals surface area contributed by atoms with Crippen molar-refractivity contribution in [3.05, 3.63) is 16.1 Å². The van der Waals surface area contributed by atoms with Crippen LogP contribution < -0.4 is 0 Å². The summed E-state index contributed by atoms with van der Waals surface area (Å²) < 4.78 is 0. The molecular weight excluding hydrogens is 240 g/mol. The van der Waals surface area contributed by atoms with E-state index in [1.54, 1.807) is 0 Å². The number of aromatic nitrogens is 1. The number of thiazole rings is 1. The highest BCUT2D eigenvalue weighted by Crippen LogP contribution is 2.19. The molecule has 0 spiro atoms. The monoisotopic (exact) mass is 254 g/mol. The maximum atomic E-state index is 12.0. The Morgan fingerprint density at radius 1 is 1.65 bits per heavy atom.